The van der Waals surface area contributed by atoms with Crippen LogP contribution in [-0.2, 0) is 7.05 Å². The summed E-state index contributed by atoms with van der Waals surface area (Å²) in [5.41, 5.74) is 9.19. The van der Waals surface area contributed by atoms with Crippen molar-refractivity contribution in [2.24, 2.45) is 7.05 Å². The zero-order valence-corrected chi connectivity index (χ0v) is 10.4. The molecule has 0 amide bonds. The van der Waals surface area contributed by atoms with Gasteiger partial charge in [-0.1, -0.05) is 23.7 Å². The molecule has 0 unspecified atom stereocenters. The zero-order valence-electron chi connectivity index (χ0n) is 9.65. The fourth-order valence-corrected chi connectivity index (χ4v) is 2.42. The Hall–Kier alpha value is -1.48. The van der Waals surface area contributed by atoms with Gasteiger partial charge in [-0.15, -0.1) is 0 Å². The number of nitrogens with two attached hydrogens (primary N) is 1. The average molecular weight is 248 g/mol. The van der Waals surface area contributed by atoms with Crippen molar-refractivity contribution in [3.05, 3.63) is 35.0 Å². The van der Waals surface area contributed by atoms with Crippen LogP contribution in [0.5, 0.6) is 0 Å². The van der Waals surface area contributed by atoms with E-state index in [0.29, 0.717) is 11.7 Å². The lowest BCUT2D eigenvalue weighted by Gasteiger charge is -2.06. The number of aromatic nitrogens is 2. The van der Waals surface area contributed by atoms with Crippen LogP contribution in [0.25, 0.3) is 11.1 Å². The minimum Gasteiger partial charge on any atom is -0.383 e. The molecular weight excluding hydrogens is 234 g/mol. The summed E-state index contributed by atoms with van der Waals surface area (Å²) in [7, 11) is 1.83. The van der Waals surface area contributed by atoms with Gasteiger partial charge in [0.05, 0.1) is 6.20 Å². The third-order valence-corrected chi connectivity index (χ3v) is 3.64. The molecule has 1 fully saturated rings. The molecule has 1 saturated carbocycles. The van der Waals surface area contributed by atoms with Gasteiger partial charge in [0.2, 0.25) is 0 Å². The Morgan fingerprint density at radius 1 is 1.41 bits per heavy atom. The predicted octanol–water partition coefficient (Wildman–Crippen LogP) is 3.20. The number of nitrogens with zero attached hydrogens (tertiary/aromatic N) is 2. The Morgan fingerprint density at radius 3 is 2.71 bits per heavy atom. The quantitative estimate of drug-likeness (QED) is 0.886. The van der Waals surface area contributed by atoms with E-state index in [9.17, 15) is 0 Å². The number of benzene rings is 1. The van der Waals surface area contributed by atoms with E-state index >= 15 is 0 Å². The van der Waals surface area contributed by atoms with Crippen LogP contribution in [0.2, 0.25) is 5.02 Å². The molecule has 1 aliphatic carbocycles. The van der Waals surface area contributed by atoms with Crippen LogP contribution in [0.4, 0.5) is 5.82 Å². The molecule has 0 spiro atoms. The highest BCUT2D eigenvalue weighted by molar-refractivity contribution is 6.31. The average Bonchev–Trinajstić information content (AvgIpc) is 3.08. The molecule has 17 heavy (non-hydrogen) atoms. The normalized spacial score (nSPS) is 15.2. The van der Waals surface area contributed by atoms with Gasteiger partial charge in [0.1, 0.15) is 5.82 Å². The van der Waals surface area contributed by atoms with E-state index < -0.39 is 0 Å². The molecule has 2 N–H and O–H groups in total. The van der Waals surface area contributed by atoms with Crippen LogP contribution in [-0.4, -0.2) is 9.78 Å². The second-order valence-corrected chi connectivity index (χ2v) is 4.98. The molecule has 0 aliphatic heterocycles. The Labute approximate surface area is 105 Å². The maximum Gasteiger partial charge on any atom is 0.129 e. The van der Waals surface area contributed by atoms with Crippen LogP contribution >= 0.6 is 11.6 Å². The Balaban J connectivity index is 2.04. The molecule has 1 aliphatic rings. The number of rotatable bonds is 2. The van der Waals surface area contributed by atoms with Crippen molar-refractivity contribution < 1.29 is 0 Å². The molecule has 0 atom stereocenters. The molecule has 0 saturated heterocycles. The van der Waals surface area contributed by atoms with E-state index in [1.165, 1.54) is 18.4 Å². The van der Waals surface area contributed by atoms with Crippen LogP contribution in [0.1, 0.15) is 24.3 Å². The van der Waals surface area contributed by atoms with Gasteiger partial charge in [0, 0.05) is 17.6 Å². The molecule has 1 aromatic heterocycles. The van der Waals surface area contributed by atoms with E-state index in [-0.39, 0.29) is 0 Å². The summed E-state index contributed by atoms with van der Waals surface area (Å²) in [6.07, 6.45) is 4.29. The van der Waals surface area contributed by atoms with Crippen LogP contribution < -0.4 is 5.73 Å². The van der Waals surface area contributed by atoms with Crippen molar-refractivity contribution in [2.45, 2.75) is 18.8 Å². The number of hydrogen-bond donors (Lipinski definition) is 1. The summed E-state index contributed by atoms with van der Waals surface area (Å²) < 4.78 is 1.66. The molecule has 3 rings (SSSR count). The lowest BCUT2D eigenvalue weighted by molar-refractivity contribution is 0.779. The first-order valence-electron chi connectivity index (χ1n) is 5.74. The van der Waals surface area contributed by atoms with Crippen molar-refractivity contribution in [3.63, 3.8) is 0 Å². The highest BCUT2D eigenvalue weighted by atomic mass is 35.5. The molecule has 88 valence electrons. The van der Waals surface area contributed by atoms with Gasteiger partial charge >= 0.3 is 0 Å². The standard InChI is InChI=1S/C13H14ClN3/c1-17-13(15)11(7-16-17)9-4-5-10(8-2-3-8)12(14)6-9/h4-8H,2-3,15H2,1H3. The molecule has 3 nitrogen and oxygen atoms in total. The third-order valence-electron chi connectivity index (χ3n) is 3.31. The Kier molecular flexibility index (Phi) is 2.37. The Bertz CT molecular complexity index is 570. The molecule has 0 bridgehead atoms. The summed E-state index contributed by atoms with van der Waals surface area (Å²) in [5, 5.41) is 4.98. The fourth-order valence-electron chi connectivity index (χ4n) is 2.09. The SMILES string of the molecule is Cn1ncc(-c2ccc(C3CC3)c(Cl)c2)c1N. The number of aryl methyl sites for hydroxylation is 1. The van der Waals surface area contributed by atoms with E-state index in [1.807, 2.05) is 13.1 Å². The molecule has 1 aromatic carbocycles. The number of anilines is 1. The smallest absolute Gasteiger partial charge is 0.129 e. The lowest BCUT2D eigenvalue weighted by atomic mass is 10.0. The maximum absolute atomic E-state index is 6.31. The first-order chi connectivity index (χ1) is 8.16. The minimum absolute atomic E-state index is 0.667. The van der Waals surface area contributed by atoms with Gasteiger partial charge in [-0.2, -0.15) is 5.10 Å². The monoisotopic (exact) mass is 247 g/mol. The summed E-state index contributed by atoms with van der Waals surface area (Å²) >= 11 is 6.31. The lowest BCUT2D eigenvalue weighted by Crippen LogP contribution is -1.98. The van der Waals surface area contributed by atoms with Gasteiger partial charge in [-0.3, -0.25) is 4.68 Å². The van der Waals surface area contributed by atoms with Crippen LogP contribution in [0.15, 0.2) is 24.4 Å². The highest BCUT2D eigenvalue weighted by Crippen LogP contribution is 2.44. The van der Waals surface area contributed by atoms with Gasteiger partial charge in [-0.25, -0.2) is 0 Å². The van der Waals surface area contributed by atoms with Crippen LogP contribution in [0.3, 0.4) is 0 Å². The predicted molar refractivity (Wildman–Crippen MR) is 70.0 cm³/mol. The van der Waals surface area contributed by atoms with Gasteiger partial charge in [-0.05, 0) is 36.0 Å². The van der Waals surface area contributed by atoms with Crippen molar-refractivity contribution in [1.29, 1.82) is 0 Å². The minimum atomic E-state index is 0.667. The largest absolute Gasteiger partial charge is 0.383 e. The maximum atomic E-state index is 6.31. The molecular formula is C13H14ClN3. The summed E-state index contributed by atoms with van der Waals surface area (Å²) in [4.78, 5) is 0. The van der Waals surface area contributed by atoms with Crippen molar-refractivity contribution in [1.82, 2.24) is 9.78 Å². The zero-order chi connectivity index (χ0) is 12.0. The number of hydrogen-bond acceptors (Lipinski definition) is 2. The van der Waals surface area contributed by atoms with E-state index in [1.54, 1.807) is 10.9 Å². The Morgan fingerprint density at radius 2 is 2.18 bits per heavy atom. The first kappa shape index (κ1) is 10.7. The van der Waals surface area contributed by atoms with Gasteiger partial charge < -0.3 is 5.73 Å². The second kappa shape index (κ2) is 3.77. The first-order valence-corrected chi connectivity index (χ1v) is 6.12. The fraction of sp³-hybridized carbons (Fsp3) is 0.308. The summed E-state index contributed by atoms with van der Waals surface area (Å²) in [6, 6.07) is 6.18. The third kappa shape index (κ3) is 1.80. The molecule has 2 aromatic rings. The van der Waals surface area contributed by atoms with E-state index in [2.05, 4.69) is 17.2 Å². The molecule has 0 radical (unpaired) electrons. The van der Waals surface area contributed by atoms with Crippen LogP contribution in [0, 0.1) is 0 Å². The number of nitrogen functional groups attached to an aromatic ring is 1. The molecule has 1 heterocycles. The van der Waals surface area contributed by atoms with Crippen molar-refractivity contribution in [2.75, 3.05) is 5.73 Å². The summed E-state index contributed by atoms with van der Waals surface area (Å²) in [6.45, 7) is 0. The van der Waals surface area contributed by atoms with Crippen molar-refractivity contribution in [3.8, 4) is 11.1 Å². The van der Waals surface area contributed by atoms with Gasteiger partial charge in [0.15, 0.2) is 0 Å². The van der Waals surface area contributed by atoms with Gasteiger partial charge in [0.25, 0.3) is 0 Å². The molecule has 4 heteroatoms. The topological polar surface area (TPSA) is 43.8 Å². The van der Waals surface area contributed by atoms with E-state index in [0.717, 1.165) is 16.1 Å². The second-order valence-electron chi connectivity index (χ2n) is 4.58. The van der Waals surface area contributed by atoms with Crippen molar-refractivity contribution >= 4 is 17.4 Å². The highest BCUT2D eigenvalue weighted by Gasteiger charge is 2.25. The summed E-state index contributed by atoms with van der Waals surface area (Å²) in [5.74, 6) is 1.34. The van der Waals surface area contributed by atoms with E-state index in [4.69, 9.17) is 17.3 Å². The number of halogens is 1.